The van der Waals surface area contributed by atoms with Gasteiger partial charge in [0.15, 0.2) is 0 Å². The van der Waals surface area contributed by atoms with Gasteiger partial charge in [0.05, 0.1) is 11.7 Å². The first kappa shape index (κ1) is 13.9. The molecular formula is C12H26N2O2. The molecule has 1 saturated heterocycles. The Morgan fingerprint density at radius 2 is 2.38 bits per heavy atom. The maximum atomic E-state index is 5.62. The van der Waals surface area contributed by atoms with Crippen LogP contribution in [0.4, 0.5) is 0 Å². The third-order valence-corrected chi connectivity index (χ3v) is 3.91. The molecule has 3 atom stereocenters. The number of methoxy groups -OCH3 is 1. The van der Waals surface area contributed by atoms with Crippen LogP contribution >= 0.6 is 0 Å². The number of ether oxygens (including phenoxy) is 2. The maximum absolute atomic E-state index is 5.62. The Morgan fingerprint density at radius 3 is 2.81 bits per heavy atom. The van der Waals surface area contributed by atoms with Gasteiger partial charge in [-0.3, -0.25) is 11.3 Å². The highest BCUT2D eigenvalue weighted by molar-refractivity contribution is 4.87. The van der Waals surface area contributed by atoms with Gasteiger partial charge in [-0.1, -0.05) is 6.92 Å². The number of nitrogens with one attached hydrogen (secondary N) is 1. The molecular weight excluding hydrogens is 204 g/mol. The van der Waals surface area contributed by atoms with E-state index in [9.17, 15) is 0 Å². The predicted molar refractivity (Wildman–Crippen MR) is 65.0 cm³/mol. The molecule has 0 spiro atoms. The number of rotatable bonds is 7. The zero-order valence-corrected chi connectivity index (χ0v) is 10.8. The fourth-order valence-electron chi connectivity index (χ4n) is 2.32. The van der Waals surface area contributed by atoms with Gasteiger partial charge in [-0.2, -0.15) is 0 Å². The van der Waals surface area contributed by atoms with Crippen LogP contribution in [0.15, 0.2) is 0 Å². The molecule has 1 heterocycles. The average molecular weight is 230 g/mol. The standard InChI is InChI=1S/C12H26N2O2/c1-4-12(2,15-3)11(14-13)8-7-10-6-5-9-16-10/h10-11,14H,4-9,13H2,1-3H3. The molecule has 0 aliphatic carbocycles. The number of hydrogen-bond acceptors (Lipinski definition) is 4. The summed E-state index contributed by atoms with van der Waals surface area (Å²) < 4.78 is 11.2. The van der Waals surface area contributed by atoms with Gasteiger partial charge < -0.3 is 9.47 Å². The lowest BCUT2D eigenvalue weighted by Crippen LogP contribution is -2.52. The Bertz CT molecular complexity index is 189. The fraction of sp³-hybridized carbons (Fsp3) is 1.00. The number of hydrazine groups is 1. The molecule has 3 N–H and O–H groups in total. The van der Waals surface area contributed by atoms with E-state index >= 15 is 0 Å². The van der Waals surface area contributed by atoms with Gasteiger partial charge in [0.2, 0.25) is 0 Å². The van der Waals surface area contributed by atoms with E-state index in [4.69, 9.17) is 15.3 Å². The van der Waals surface area contributed by atoms with Crippen molar-refractivity contribution in [3.63, 3.8) is 0 Å². The Kier molecular flexibility index (Phi) is 5.69. The number of nitrogens with two attached hydrogens (primary N) is 1. The minimum Gasteiger partial charge on any atom is -0.378 e. The first-order chi connectivity index (χ1) is 7.66. The zero-order chi connectivity index (χ0) is 12.0. The summed E-state index contributed by atoms with van der Waals surface area (Å²) >= 11 is 0. The van der Waals surface area contributed by atoms with Crippen molar-refractivity contribution >= 4 is 0 Å². The molecule has 0 aromatic rings. The summed E-state index contributed by atoms with van der Waals surface area (Å²) in [6.45, 7) is 5.15. The minimum atomic E-state index is -0.187. The molecule has 4 heteroatoms. The quantitative estimate of drug-likeness (QED) is 0.515. The van der Waals surface area contributed by atoms with Crippen LogP contribution in [-0.2, 0) is 9.47 Å². The van der Waals surface area contributed by atoms with E-state index in [0.29, 0.717) is 6.10 Å². The Balaban J connectivity index is 2.40. The molecule has 3 unspecified atom stereocenters. The molecule has 1 aliphatic rings. The SMILES string of the molecule is CCC(C)(OC)C(CCC1CCCO1)NN. The molecule has 0 aromatic heterocycles. The molecule has 0 amide bonds. The summed E-state index contributed by atoms with van der Waals surface area (Å²) in [6.07, 6.45) is 5.82. The molecule has 0 saturated carbocycles. The van der Waals surface area contributed by atoms with Crippen molar-refractivity contribution in [2.45, 2.75) is 63.7 Å². The lowest BCUT2D eigenvalue weighted by molar-refractivity contribution is -0.0348. The van der Waals surface area contributed by atoms with Gasteiger partial charge in [0.1, 0.15) is 0 Å². The van der Waals surface area contributed by atoms with E-state index in [-0.39, 0.29) is 11.6 Å². The van der Waals surface area contributed by atoms with Crippen molar-refractivity contribution in [3.05, 3.63) is 0 Å². The summed E-state index contributed by atoms with van der Waals surface area (Å²) in [5.74, 6) is 5.62. The Morgan fingerprint density at radius 1 is 1.62 bits per heavy atom. The Hall–Kier alpha value is -0.160. The van der Waals surface area contributed by atoms with Crippen LogP contribution in [0.1, 0.15) is 46.0 Å². The van der Waals surface area contributed by atoms with Crippen molar-refractivity contribution in [3.8, 4) is 0 Å². The Labute approximate surface area is 98.8 Å². The third kappa shape index (κ3) is 3.42. The summed E-state index contributed by atoms with van der Waals surface area (Å²) in [4.78, 5) is 0. The molecule has 0 bridgehead atoms. The van der Waals surface area contributed by atoms with E-state index in [1.807, 2.05) is 0 Å². The van der Waals surface area contributed by atoms with Crippen LogP contribution in [0.25, 0.3) is 0 Å². The second-order valence-corrected chi connectivity index (χ2v) is 4.80. The van der Waals surface area contributed by atoms with E-state index in [2.05, 4.69) is 19.3 Å². The van der Waals surface area contributed by atoms with Gasteiger partial charge in [0.25, 0.3) is 0 Å². The van der Waals surface area contributed by atoms with Crippen molar-refractivity contribution < 1.29 is 9.47 Å². The van der Waals surface area contributed by atoms with Crippen LogP contribution < -0.4 is 11.3 Å². The monoisotopic (exact) mass is 230 g/mol. The lowest BCUT2D eigenvalue weighted by Gasteiger charge is -2.35. The van der Waals surface area contributed by atoms with Crippen LogP contribution in [0.5, 0.6) is 0 Å². The summed E-state index contributed by atoms with van der Waals surface area (Å²) in [6, 6.07) is 0.187. The second kappa shape index (κ2) is 6.55. The maximum Gasteiger partial charge on any atom is 0.0813 e. The summed E-state index contributed by atoms with van der Waals surface area (Å²) in [5.41, 5.74) is 2.70. The molecule has 1 fully saturated rings. The van der Waals surface area contributed by atoms with Crippen LogP contribution in [-0.4, -0.2) is 31.5 Å². The highest BCUT2D eigenvalue weighted by atomic mass is 16.5. The van der Waals surface area contributed by atoms with Crippen molar-refractivity contribution in [1.29, 1.82) is 0 Å². The highest BCUT2D eigenvalue weighted by Gasteiger charge is 2.32. The zero-order valence-electron chi connectivity index (χ0n) is 10.8. The summed E-state index contributed by atoms with van der Waals surface area (Å²) in [5, 5.41) is 0. The molecule has 0 radical (unpaired) electrons. The third-order valence-electron chi connectivity index (χ3n) is 3.91. The molecule has 0 aromatic carbocycles. The summed E-state index contributed by atoms with van der Waals surface area (Å²) in [7, 11) is 1.75. The van der Waals surface area contributed by atoms with Gasteiger partial charge in [-0.25, -0.2) is 0 Å². The van der Waals surface area contributed by atoms with E-state index < -0.39 is 0 Å². The molecule has 1 aliphatic heterocycles. The smallest absolute Gasteiger partial charge is 0.0813 e. The van der Waals surface area contributed by atoms with Crippen LogP contribution in [0.3, 0.4) is 0 Å². The normalized spacial score (nSPS) is 26.6. The minimum absolute atomic E-state index is 0.187. The van der Waals surface area contributed by atoms with Gasteiger partial charge >= 0.3 is 0 Å². The largest absolute Gasteiger partial charge is 0.378 e. The predicted octanol–water partition coefficient (Wildman–Crippen LogP) is 1.59. The van der Waals surface area contributed by atoms with Crippen LogP contribution in [0.2, 0.25) is 0 Å². The van der Waals surface area contributed by atoms with E-state index in [1.54, 1.807) is 7.11 Å². The molecule has 4 nitrogen and oxygen atoms in total. The second-order valence-electron chi connectivity index (χ2n) is 4.80. The van der Waals surface area contributed by atoms with Gasteiger partial charge in [0, 0.05) is 19.8 Å². The van der Waals surface area contributed by atoms with Crippen molar-refractivity contribution in [2.24, 2.45) is 5.84 Å². The van der Waals surface area contributed by atoms with E-state index in [1.165, 1.54) is 12.8 Å². The van der Waals surface area contributed by atoms with Crippen molar-refractivity contribution in [2.75, 3.05) is 13.7 Å². The van der Waals surface area contributed by atoms with Crippen LogP contribution in [0, 0.1) is 0 Å². The molecule has 16 heavy (non-hydrogen) atoms. The van der Waals surface area contributed by atoms with Crippen molar-refractivity contribution in [1.82, 2.24) is 5.43 Å². The number of hydrogen-bond donors (Lipinski definition) is 2. The highest BCUT2D eigenvalue weighted by Crippen LogP contribution is 2.25. The molecule has 1 rings (SSSR count). The van der Waals surface area contributed by atoms with Gasteiger partial charge in [-0.15, -0.1) is 0 Å². The van der Waals surface area contributed by atoms with E-state index in [0.717, 1.165) is 25.9 Å². The topological polar surface area (TPSA) is 56.5 Å². The van der Waals surface area contributed by atoms with Gasteiger partial charge in [-0.05, 0) is 39.0 Å². The lowest BCUT2D eigenvalue weighted by atomic mass is 9.89. The first-order valence-electron chi connectivity index (χ1n) is 6.29. The first-order valence-corrected chi connectivity index (χ1v) is 6.29. The average Bonchev–Trinajstić information content (AvgIpc) is 2.82. The fourth-order valence-corrected chi connectivity index (χ4v) is 2.32. The molecule has 96 valence electrons.